The zero-order valence-corrected chi connectivity index (χ0v) is 11.4. The molecule has 0 radical (unpaired) electrons. The molecule has 0 saturated carbocycles. The molecule has 0 fully saturated rings. The number of hydrogen-bond donors (Lipinski definition) is 2. The molecule has 2 aromatic rings. The number of halogens is 3. The molecule has 0 spiro atoms. The highest BCUT2D eigenvalue weighted by Gasteiger charge is 2.31. The summed E-state index contributed by atoms with van der Waals surface area (Å²) in [6, 6.07) is 10.0. The Morgan fingerprint density at radius 2 is 1.61 bits per heavy atom. The number of aromatic carboxylic acids is 1. The van der Waals surface area contributed by atoms with Gasteiger partial charge in [0, 0.05) is 5.56 Å². The Morgan fingerprint density at radius 3 is 2.17 bits per heavy atom. The monoisotopic (exact) mass is 325 g/mol. The van der Waals surface area contributed by atoms with Crippen LogP contribution in [0.25, 0.3) is 0 Å². The number of carbonyl (C=O) groups excluding carboxylic acids is 1. The average molecular weight is 325 g/mol. The summed E-state index contributed by atoms with van der Waals surface area (Å²) in [6.45, 7) is 0. The molecule has 0 aliphatic heterocycles. The molecule has 0 saturated heterocycles. The van der Waals surface area contributed by atoms with Crippen LogP contribution in [0.15, 0.2) is 48.5 Å². The summed E-state index contributed by atoms with van der Waals surface area (Å²) in [5, 5.41) is 11.4. The van der Waals surface area contributed by atoms with Gasteiger partial charge in [0.15, 0.2) is 0 Å². The number of anilines is 1. The number of alkyl halides is 3. The van der Waals surface area contributed by atoms with Crippen molar-refractivity contribution < 1.29 is 32.6 Å². The highest BCUT2D eigenvalue weighted by molar-refractivity contribution is 6.07. The first-order chi connectivity index (χ1) is 10.8. The number of hydrogen-bond acceptors (Lipinski definition) is 3. The largest absolute Gasteiger partial charge is 0.573 e. The number of rotatable bonds is 4. The number of carbonyl (C=O) groups is 2. The van der Waals surface area contributed by atoms with Crippen LogP contribution < -0.4 is 10.1 Å². The van der Waals surface area contributed by atoms with Crippen molar-refractivity contribution in [3.63, 3.8) is 0 Å². The van der Waals surface area contributed by atoms with Gasteiger partial charge in [0.05, 0.1) is 11.3 Å². The fourth-order valence-corrected chi connectivity index (χ4v) is 1.78. The molecule has 0 heterocycles. The molecule has 0 atom stereocenters. The van der Waals surface area contributed by atoms with Crippen LogP contribution in [0.3, 0.4) is 0 Å². The molecule has 0 aliphatic carbocycles. The Hall–Kier alpha value is -3.03. The van der Waals surface area contributed by atoms with E-state index in [0.717, 1.165) is 24.3 Å². The zero-order chi connectivity index (χ0) is 17.0. The lowest BCUT2D eigenvalue weighted by atomic mass is 10.1. The highest BCUT2D eigenvalue weighted by atomic mass is 19.4. The van der Waals surface area contributed by atoms with Crippen LogP contribution in [0.4, 0.5) is 18.9 Å². The lowest BCUT2D eigenvalue weighted by Crippen LogP contribution is -2.17. The molecule has 0 aromatic heterocycles. The Morgan fingerprint density at radius 1 is 1.00 bits per heavy atom. The molecule has 0 aliphatic rings. The third-order valence-electron chi connectivity index (χ3n) is 2.76. The Labute approximate surface area is 128 Å². The molecule has 0 unspecified atom stereocenters. The van der Waals surface area contributed by atoms with E-state index < -0.39 is 24.0 Å². The predicted molar refractivity (Wildman–Crippen MR) is 74.5 cm³/mol. The van der Waals surface area contributed by atoms with Gasteiger partial charge in [-0.1, -0.05) is 12.1 Å². The fourth-order valence-electron chi connectivity index (χ4n) is 1.78. The van der Waals surface area contributed by atoms with Crippen LogP contribution in [0.1, 0.15) is 20.7 Å². The fraction of sp³-hybridized carbons (Fsp3) is 0.0667. The zero-order valence-electron chi connectivity index (χ0n) is 11.4. The summed E-state index contributed by atoms with van der Waals surface area (Å²) >= 11 is 0. The minimum atomic E-state index is -4.82. The van der Waals surface area contributed by atoms with Crippen LogP contribution >= 0.6 is 0 Å². The number of benzene rings is 2. The second kappa shape index (κ2) is 6.39. The predicted octanol–water partition coefficient (Wildman–Crippen LogP) is 3.54. The van der Waals surface area contributed by atoms with Gasteiger partial charge in [0.25, 0.3) is 5.91 Å². The topological polar surface area (TPSA) is 75.6 Å². The number of para-hydroxylation sites is 1. The van der Waals surface area contributed by atoms with Crippen LogP contribution in [0.2, 0.25) is 0 Å². The molecule has 23 heavy (non-hydrogen) atoms. The molecular formula is C15H10F3NO4. The Bertz CT molecular complexity index is 726. The van der Waals surface area contributed by atoms with Crippen molar-refractivity contribution in [2.75, 3.05) is 5.32 Å². The van der Waals surface area contributed by atoms with Gasteiger partial charge in [-0.25, -0.2) is 4.79 Å². The van der Waals surface area contributed by atoms with E-state index in [1.807, 2.05) is 0 Å². The third-order valence-corrected chi connectivity index (χ3v) is 2.76. The molecule has 8 heteroatoms. The quantitative estimate of drug-likeness (QED) is 0.901. The number of amides is 1. The third kappa shape index (κ3) is 4.47. The van der Waals surface area contributed by atoms with Crippen molar-refractivity contribution in [3.05, 3.63) is 59.7 Å². The van der Waals surface area contributed by atoms with Crippen LogP contribution in [0.5, 0.6) is 5.75 Å². The number of carboxylic acids is 1. The summed E-state index contributed by atoms with van der Waals surface area (Å²) in [5.74, 6) is -2.33. The summed E-state index contributed by atoms with van der Waals surface area (Å²) in [4.78, 5) is 23.1. The van der Waals surface area contributed by atoms with Gasteiger partial charge in [-0.15, -0.1) is 13.2 Å². The van der Waals surface area contributed by atoms with Gasteiger partial charge < -0.3 is 15.2 Å². The maximum atomic E-state index is 12.1. The van der Waals surface area contributed by atoms with E-state index in [4.69, 9.17) is 5.11 Å². The molecule has 2 aromatic carbocycles. The maximum Gasteiger partial charge on any atom is 0.573 e. The first kappa shape index (κ1) is 16.3. The molecule has 0 bridgehead atoms. The van der Waals surface area contributed by atoms with E-state index in [2.05, 4.69) is 10.1 Å². The minimum Gasteiger partial charge on any atom is -0.478 e. The number of nitrogens with one attached hydrogen (secondary N) is 1. The summed E-state index contributed by atoms with van der Waals surface area (Å²) in [7, 11) is 0. The first-order valence-electron chi connectivity index (χ1n) is 6.26. The standard InChI is InChI=1S/C15H10F3NO4/c16-15(17,18)23-10-7-5-9(6-8-10)13(20)19-12-4-2-1-3-11(12)14(21)22/h1-8H,(H,19,20)(H,21,22). The van der Waals surface area contributed by atoms with Gasteiger partial charge in [0.2, 0.25) is 0 Å². The van der Waals surface area contributed by atoms with Crippen LogP contribution in [0, 0.1) is 0 Å². The number of ether oxygens (including phenoxy) is 1. The van der Waals surface area contributed by atoms with Crippen molar-refractivity contribution >= 4 is 17.6 Å². The lowest BCUT2D eigenvalue weighted by Gasteiger charge is -2.10. The minimum absolute atomic E-state index is 0.0553. The lowest BCUT2D eigenvalue weighted by molar-refractivity contribution is -0.274. The van der Waals surface area contributed by atoms with Crippen molar-refractivity contribution in [2.45, 2.75) is 6.36 Å². The number of carboxylic acid groups (broad SMARTS) is 1. The molecule has 2 rings (SSSR count). The Kier molecular flexibility index (Phi) is 4.54. The maximum absolute atomic E-state index is 12.1. The Balaban J connectivity index is 2.14. The van der Waals surface area contributed by atoms with E-state index in [-0.39, 0.29) is 16.8 Å². The van der Waals surface area contributed by atoms with Gasteiger partial charge >= 0.3 is 12.3 Å². The van der Waals surface area contributed by atoms with Crippen molar-refractivity contribution in [1.82, 2.24) is 0 Å². The van der Waals surface area contributed by atoms with Gasteiger partial charge in [-0.05, 0) is 36.4 Å². The van der Waals surface area contributed by atoms with E-state index in [1.54, 1.807) is 6.07 Å². The van der Waals surface area contributed by atoms with E-state index in [1.165, 1.54) is 18.2 Å². The highest BCUT2D eigenvalue weighted by Crippen LogP contribution is 2.23. The van der Waals surface area contributed by atoms with E-state index >= 15 is 0 Å². The second-order valence-corrected chi connectivity index (χ2v) is 4.38. The molecule has 5 nitrogen and oxygen atoms in total. The van der Waals surface area contributed by atoms with Crippen LogP contribution in [-0.4, -0.2) is 23.3 Å². The van der Waals surface area contributed by atoms with Gasteiger partial charge in [-0.2, -0.15) is 0 Å². The summed E-state index contributed by atoms with van der Waals surface area (Å²) in [5.41, 5.74) is 0.0400. The summed E-state index contributed by atoms with van der Waals surface area (Å²) in [6.07, 6.45) is -4.82. The van der Waals surface area contributed by atoms with Crippen molar-refractivity contribution in [2.24, 2.45) is 0 Å². The van der Waals surface area contributed by atoms with Gasteiger partial charge in [0.1, 0.15) is 5.75 Å². The molecule has 1 amide bonds. The molecule has 2 N–H and O–H groups in total. The SMILES string of the molecule is O=C(Nc1ccccc1C(=O)O)c1ccc(OC(F)(F)F)cc1. The normalized spacial score (nSPS) is 10.9. The van der Waals surface area contributed by atoms with Crippen molar-refractivity contribution in [1.29, 1.82) is 0 Å². The van der Waals surface area contributed by atoms with Crippen molar-refractivity contribution in [3.8, 4) is 5.75 Å². The smallest absolute Gasteiger partial charge is 0.478 e. The average Bonchev–Trinajstić information content (AvgIpc) is 2.46. The molecular weight excluding hydrogens is 315 g/mol. The van der Waals surface area contributed by atoms with E-state index in [0.29, 0.717) is 0 Å². The molecule has 120 valence electrons. The first-order valence-corrected chi connectivity index (χ1v) is 6.26. The second-order valence-electron chi connectivity index (χ2n) is 4.38. The van der Waals surface area contributed by atoms with Crippen LogP contribution in [-0.2, 0) is 0 Å². The summed E-state index contributed by atoms with van der Waals surface area (Å²) < 4.78 is 39.8. The van der Waals surface area contributed by atoms with Gasteiger partial charge in [-0.3, -0.25) is 4.79 Å². The van der Waals surface area contributed by atoms with E-state index in [9.17, 15) is 22.8 Å².